The van der Waals surface area contributed by atoms with Crippen molar-refractivity contribution in [2.45, 2.75) is 13.0 Å². The van der Waals surface area contributed by atoms with E-state index in [0.717, 1.165) is 51.3 Å². The third-order valence-electron chi connectivity index (χ3n) is 6.64. The van der Waals surface area contributed by atoms with Crippen LogP contribution < -0.4 is 11.1 Å². The molecule has 5 N–H and O–H groups in total. The molecule has 0 spiro atoms. The summed E-state index contributed by atoms with van der Waals surface area (Å²) >= 11 is 0. The monoisotopic (exact) mass is 499 g/mol. The predicted octanol–water partition coefficient (Wildman–Crippen LogP) is 4.55. The van der Waals surface area contributed by atoms with Gasteiger partial charge in [0.15, 0.2) is 0 Å². The number of aromatic nitrogens is 4. The molecule has 0 radical (unpaired) electrons. The number of hydrogen-bond acceptors (Lipinski definition) is 4. The average molecular weight is 500 g/mol. The number of amides is 1. The number of fused-ring (bicyclic) bond motifs is 2. The molecule has 186 valence electrons. The van der Waals surface area contributed by atoms with Gasteiger partial charge in [-0.2, -0.15) is 0 Å². The van der Waals surface area contributed by atoms with E-state index in [2.05, 4.69) is 62.4 Å². The van der Waals surface area contributed by atoms with Gasteiger partial charge < -0.3 is 16.0 Å². The molecule has 38 heavy (non-hydrogen) atoms. The van der Waals surface area contributed by atoms with Crippen molar-refractivity contribution >= 4 is 27.8 Å². The summed E-state index contributed by atoms with van der Waals surface area (Å²) in [6.45, 7) is 1.17. The van der Waals surface area contributed by atoms with Gasteiger partial charge in [0, 0.05) is 41.2 Å². The number of nitrogens with one attached hydrogen (secondary N) is 2. The zero-order valence-electron chi connectivity index (χ0n) is 20.8. The average Bonchev–Trinajstić information content (AvgIpc) is 3.39. The van der Waals surface area contributed by atoms with Crippen LogP contribution in [0.4, 0.5) is 0 Å². The Morgan fingerprint density at radius 2 is 1.63 bits per heavy atom. The van der Waals surface area contributed by atoms with Gasteiger partial charge in [0.25, 0.3) is 5.91 Å². The molecule has 1 amide bonds. The molecule has 0 bridgehead atoms. The second-order valence-electron chi connectivity index (χ2n) is 9.13. The van der Waals surface area contributed by atoms with E-state index in [9.17, 15) is 4.79 Å². The van der Waals surface area contributed by atoms with Crippen molar-refractivity contribution in [2.24, 2.45) is 0 Å². The first-order valence-electron chi connectivity index (χ1n) is 12.6. The van der Waals surface area contributed by atoms with Crippen molar-refractivity contribution in [1.29, 1.82) is 0 Å². The van der Waals surface area contributed by atoms with Crippen molar-refractivity contribution in [2.75, 3.05) is 6.54 Å². The number of nitrogens with zero attached hydrogens (tertiary/aromatic N) is 3. The minimum Gasteiger partial charge on any atom is -0.354 e. The van der Waals surface area contributed by atoms with Crippen LogP contribution in [0.1, 0.15) is 21.9 Å². The van der Waals surface area contributed by atoms with Gasteiger partial charge in [0.2, 0.25) is 0 Å². The molecule has 3 aromatic carbocycles. The summed E-state index contributed by atoms with van der Waals surface area (Å²) in [6.07, 6.45) is 2.23. The highest BCUT2D eigenvalue weighted by molar-refractivity contribution is 6.06. The maximum absolute atomic E-state index is 13.3. The Morgan fingerprint density at radius 3 is 2.42 bits per heavy atom. The molecule has 6 aromatic rings. The molecule has 0 saturated heterocycles. The highest BCUT2D eigenvalue weighted by Gasteiger charge is 2.17. The van der Waals surface area contributed by atoms with Crippen LogP contribution in [0.25, 0.3) is 44.3 Å². The first-order valence-corrected chi connectivity index (χ1v) is 12.6. The highest BCUT2D eigenvalue weighted by Crippen LogP contribution is 2.34. The minimum absolute atomic E-state index is 0.236. The highest BCUT2D eigenvalue weighted by atomic mass is 16.1. The third kappa shape index (κ3) is 4.63. The predicted molar refractivity (Wildman–Crippen MR) is 149 cm³/mol. The van der Waals surface area contributed by atoms with Crippen molar-refractivity contribution < 1.29 is 10.5 Å². The van der Waals surface area contributed by atoms with Gasteiger partial charge in [-0.1, -0.05) is 66.7 Å². The third-order valence-corrected chi connectivity index (χ3v) is 6.64. The molecule has 0 atom stereocenters. The summed E-state index contributed by atoms with van der Waals surface area (Å²) < 4.78 is 0. The molecule has 3 heterocycles. The van der Waals surface area contributed by atoms with Crippen LogP contribution in [-0.2, 0) is 13.0 Å². The van der Waals surface area contributed by atoms with Crippen LogP contribution in [0.2, 0.25) is 0 Å². The van der Waals surface area contributed by atoms with E-state index in [-0.39, 0.29) is 5.91 Å². The van der Waals surface area contributed by atoms with Gasteiger partial charge in [0.1, 0.15) is 11.5 Å². The van der Waals surface area contributed by atoms with Crippen molar-refractivity contribution in [1.82, 2.24) is 25.3 Å². The van der Waals surface area contributed by atoms with Gasteiger partial charge in [-0.15, -0.1) is 0 Å². The number of rotatable bonds is 7. The number of carbonyl (C=O) groups is 1. The Morgan fingerprint density at radius 1 is 0.842 bits per heavy atom. The zero-order chi connectivity index (χ0) is 25.9. The molecular weight excluding hydrogens is 472 g/mol. The molecule has 0 saturated carbocycles. The van der Waals surface area contributed by atoms with Crippen molar-refractivity contribution in [3.05, 3.63) is 114 Å². The number of hydrogen-bond donors (Lipinski definition) is 3. The first kappa shape index (κ1) is 23.5. The lowest BCUT2D eigenvalue weighted by Crippen LogP contribution is -2.47. The Bertz CT molecular complexity index is 1710. The van der Waals surface area contributed by atoms with E-state index in [1.54, 1.807) is 6.20 Å². The van der Waals surface area contributed by atoms with Crippen molar-refractivity contribution in [3.63, 3.8) is 0 Å². The SMILES string of the molecule is [NH3+]Cc1ccc(-c2nc3ccnc(C(=O)NCCc4nc5ccccc5[nH]4)c3cc2-c2ccccc2)cc1. The lowest BCUT2D eigenvalue weighted by molar-refractivity contribution is -0.386. The summed E-state index contributed by atoms with van der Waals surface area (Å²) in [6, 6.07) is 30.2. The Hall–Kier alpha value is -4.88. The largest absolute Gasteiger partial charge is 0.354 e. The fourth-order valence-corrected chi connectivity index (χ4v) is 4.67. The number of imidazole rings is 1. The van der Waals surface area contributed by atoms with Crippen LogP contribution in [0.15, 0.2) is 97.2 Å². The molecule has 7 nitrogen and oxygen atoms in total. The zero-order valence-corrected chi connectivity index (χ0v) is 20.8. The maximum atomic E-state index is 13.3. The molecule has 0 aliphatic carbocycles. The summed E-state index contributed by atoms with van der Waals surface area (Å²) in [5.74, 6) is 0.597. The van der Waals surface area contributed by atoms with Gasteiger partial charge in [-0.3, -0.25) is 9.78 Å². The first-order chi connectivity index (χ1) is 18.7. The van der Waals surface area contributed by atoms with Crippen molar-refractivity contribution in [3.8, 4) is 22.4 Å². The summed E-state index contributed by atoms with van der Waals surface area (Å²) in [5, 5.41) is 3.72. The van der Waals surface area contributed by atoms with E-state index in [0.29, 0.717) is 24.0 Å². The van der Waals surface area contributed by atoms with Crippen LogP contribution in [-0.4, -0.2) is 32.4 Å². The second-order valence-corrected chi connectivity index (χ2v) is 9.13. The number of carbonyl (C=O) groups excluding carboxylic acids is 1. The molecule has 0 aliphatic rings. The van der Waals surface area contributed by atoms with E-state index in [4.69, 9.17) is 4.98 Å². The van der Waals surface area contributed by atoms with E-state index in [1.807, 2.05) is 54.6 Å². The molecule has 0 aliphatic heterocycles. The van der Waals surface area contributed by atoms with E-state index < -0.39 is 0 Å². The second kappa shape index (κ2) is 10.2. The quantitative estimate of drug-likeness (QED) is 0.299. The number of pyridine rings is 2. The topological polar surface area (TPSA) is 111 Å². The van der Waals surface area contributed by atoms with Gasteiger partial charge in [-0.25, -0.2) is 9.97 Å². The lowest BCUT2D eigenvalue weighted by atomic mass is 9.96. The minimum atomic E-state index is -0.236. The maximum Gasteiger partial charge on any atom is 0.270 e. The van der Waals surface area contributed by atoms with E-state index >= 15 is 0 Å². The molecular formula is C31H27N6O+. The summed E-state index contributed by atoms with van der Waals surface area (Å²) in [4.78, 5) is 30.6. The number of aromatic amines is 1. The van der Waals surface area contributed by atoms with Crippen LogP contribution in [0.3, 0.4) is 0 Å². The van der Waals surface area contributed by atoms with Crippen LogP contribution in [0, 0.1) is 0 Å². The molecule has 7 heteroatoms. The van der Waals surface area contributed by atoms with Crippen LogP contribution in [0.5, 0.6) is 0 Å². The Labute approximate surface area is 219 Å². The normalized spacial score (nSPS) is 11.2. The number of H-pyrrole nitrogens is 1. The number of benzene rings is 3. The molecule has 0 unspecified atom stereocenters. The van der Waals surface area contributed by atoms with Gasteiger partial charge in [0.05, 0.1) is 28.8 Å². The Kier molecular flexibility index (Phi) is 6.34. The fraction of sp³-hybridized carbons (Fsp3) is 0.0968. The van der Waals surface area contributed by atoms with Gasteiger partial charge in [-0.05, 0) is 29.8 Å². The number of para-hydroxylation sites is 2. The standard InChI is InChI=1S/C31H26N6O/c32-19-20-10-12-22(13-11-20)29-23(21-6-2-1-3-7-21)18-24-25(37-29)14-16-33-30(24)31(38)34-17-15-28-35-26-8-4-5-9-27(26)36-28/h1-14,16,18H,15,17,19,32H2,(H,34,38)(H,35,36)/p+1. The lowest BCUT2D eigenvalue weighted by Gasteiger charge is -2.13. The molecule has 6 rings (SSSR count). The summed E-state index contributed by atoms with van der Waals surface area (Å²) in [5.41, 5.74) is 12.0. The number of quaternary nitrogens is 1. The van der Waals surface area contributed by atoms with E-state index in [1.165, 1.54) is 5.56 Å². The molecule has 0 fully saturated rings. The van der Waals surface area contributed by atoms with Gasteiger partial charge >= 0.3 is 0 Å². The van der Waals surface area contributed by atoms with Crippen LogP contribution >= 0.6 is 0 Å². The summed E-state index contributed by atoms with van der Waals surface area (Å²) in [7, 11) is 0. The Balaban J connectivity index is 1.33. The smallest absolute Gasteiger partial charge is 0.270 e. The molecule has 3 aromatic heterocycles. The fourth-order valence-electron chi connectivity index (χ4n) is 4.67.